The molecule has 0 radical (unpaired) electrons. The standard InChI is InChI=1S/C14H15ClFNO/c1-3-5-9(2)14(18)10(8-17)13-11(15)6-4-7-12(13)16/h4,6-7,9-10H,3,5H2,1-2H3. The Kier molecular flexibility index (Phi) is 5.30. The Morgan fingerprint density at radius 1 is 1.56 bits per heavy atom. The lowest BCUT2D eigenvalue weighted by Crippen LogP contribution is -2.20. The summed E-state index contributed by atoms with van der Waals surface area (Å²) in [4.78, 5) is 12.1. The molecule has 2 atom stereocenters. The quantitative estimate of drug-likeness (QED) is 0.806. The highest BCUT2D eigenvalue weighted by Crippen LogP contribution is 2.30. The molecule has 0 aliphatic carbocycles. The predicted molar refractivity (Wildman–Crippen MR) is 68.8 cm³/mol. The molecule has 2 nitrogen and oxygen atoms in total. The maximum atomic E-state index is 13.7. The van der Waals surface area contributed by atoms with Crippen LogP contribution < -0.4 is 0 Å². The van der Waals surface area contributed by atoms with Crippen molar-refractivity contribution < 1.29 is 9.18 Å². The fourth-order valence-corrected chi connectivity index (χ4v) is 2.19. The fraction of sp³-hybridized carbons (Fsp3) is 0.429. The monoisotopic (exact) mass is 267 g/mol. The van der Waals surface area contributed by atoms with Crippen LogP contribution in [0.15, 0.2) is 18.2 Å². The Morgan fingerprint density at radius 3 is 2.72 bits per heavy atom. The number of hydrogen-bond acceptors (Lipinski definition) is 2. The van der Waals surface area contributed by atoms with E-state index in [0.29, 0.717) is 6.42 Å². The summed E-state index contributed by atoms with van der Waals surface area (Å²) in [5, 5.41) is 9.24. The first kappa shape index (κ1) is 14.7. The van der Waals surface area contributed by atoms with E-state index in [1.54, 1.807) is 6.92 Å². The Hall–Kier alpha value is -1.40. The van der Waals surface area contributed by atoms with Crippen molar-refractivity contribution in [1.82, 2.24) is 0 Å². The minimum Gasteiger partial charge on any atom is -0.298 e. The Morgan fingerprint density at radius 2 is 2.22 bits per heavy atom. The van der Waals surface area contributed by atoms with Crippen LogP contribution in [-0.2, 0) is 4.79 Å². The molecule has 0 aromatic heterocycles. The Labute approximate surface area is 111 Å². The zero-order chi connectivity index (χ0) is 13.7. The van der Waals surface area contributed by atoms with Gasteiger partial charge >= 0.3 is 0 Å². The molecule has 2 unspecified atom stereocenters. The van der Waals surface area contributed by atoms with Gasteiger partial charge in [0.15, 0.2) is 5.78 Å². The van der Waals surface area contributed by atoms with E-state index in [0.717, 1.165) is 6.42 Å². The molecule has 18 heavy (non-hydrogen) atoms. The van der Waals surface area contributed by atoms with Crippen LogP contribution in [0.2, 0.25) is 5.02 Å². The van der Waals surface area contributed by atoms with Crippen molar-refractivity contribution in [2.45, 2.75) is 32.6 Å². The van der Waals surface area contributed by atoms with Gasteiger partial charge in [0.25, 0.3) is 0 Å². The lowest BCUT2D eigenvalue weighted by molar-refractivity contribution is -0.122. The van der Waals surface area contributed by atoms with Crippen LogP contribution in [-0.4, -0.2) is 5.78 Å². The van der Waals surface area contributed by atoms with E-state index in [4.69, 9.17) is 16.9 Å². The number of nitriles is 1. The number of rotatable bonds is 5. The van der Waals surface area contributed by atoms with Crippen molar-refractivity contribution in [2.24, 2.45) is 5.92 Å². The summed E-state index contributed by atoms with van der Waals surface area (Å²) >= 11 is 5.89. The molecule has 0 fully saturated rings. The molecule has 1 aromatic rings. The largest absolute Gasteiger partial charge is 0.298 e. The molecule has 0 saturated carbocycles. The van der Waals surface area contributed by atoms with Crippen molar-refractivity contribution in [1.29, 1.82) is 5.26 Å². The Bertz CT molecular complexity index is 461. The summed E-state index contributed by atoms with van der Waals surface area (Å²) in [6.07, 6.45) is 1.53. The zero-order valence-corrected chi connectivity index (χ0v) is 11.2. The average Bonchev–Trinajstić information content (AvgIpc) is 2.33. The maximum absolute atomic E-state index is 13.7. The van der Waals surface area contributed by atoms with Crippen molar-refractivity contribution in [2.75, 3.05) is 0 Å². The number of halogens is 2. The molecular formula is C14H15ClFNO. The summed E-state index contributed by atoms with van der Waals surface area (Å²) in [5.74, 6) is -2.27. The molecule has 0 aliphatic rings. The molecule has 0 amide bonds. The number of ketones is 1. The molecule has 4 heteroatoms. The van der Waals surface area contributed by atoms with E-state index in [1.165, 1.54) is 18.2 Å². The number of carbonyl (C=O) groups excluding carboxylic acids is 1. The number of carbonyl (C=O) groups is 1. The highest BCUT2D eigenvalue weighted by molar-refractivity contribution is 6.31. The first-order valence-electron chi connectivity index (χ1n) is 5.90. The highest BCUT2D eigenvalue weighted by Gasteiger charge is 2.28. The first-order valence-corrected chi connectivity index (χ1v) is 6.28. The van der Waals surface area contributed by atoms with E-state index in [-0.39, 0.29) is 22.3 Å². The second kappa shape index (κ2) is 6.51. The number of hydrogen-bond donors (Lipinski definition) is 0. The van der Waals surface area contributed by atoms with Crippen LogP contribution in [0, 0.1) is 23.1 Å². The minimum atomic E-state index is -1.12. The molecule has 0 heterocycles. The molecule has 0 aliphatic heterocycles. The van der Waals surface area contributed by atoms with Gasteiger partial charge in [-0.1, -0.05) is 37.9 Å². The second-order valence-corrected chi connectivity index (χ2v) is 4.70. The summed E-state index contributed by atoms with van der Waals surface area (Å²) in [6, 6.07) is 6.02. The van der Waals surface area contributed by atoms with E-state index >= 15 is 0 Å². The maximum Gasteiger partial charge on any atom is 0.157 e. The van der Waals surface area contributed by atoms with Gasteiger partial charge in [-0.3, -0.25) is 4.79 Å². The highest BCUT2D eigenvalue weighted by atomic mass is 35.5. The van der Waals surface area contributed by atoms with Crippen molar-refractivity contribution in [3.8, 4) is 6.07 Å². The van der Waals surface area contributed by atoms with Gasteiger partial charge in [0.2, 0.25) is 0 Å². The second-order valence-electron chi connectivity index (χ2n) is 4.29. The molecule has 0 saturated heterocycles. The van der Waals surface area contributed by atoms with Gasteiger partial charge in [-0.05, 0) is 18.6 Å². The summed E-state index contributed by atoms with van der Waals surface area (Å²) in [5.41, 5.74) is -0.00498. The van der Waals surface area contributed by atoms with Crippen molar-refractivity contribution >= 4 is 17.4 Å². The lowest BCUT2D eigenvalue weighted by atomic mass is 9.87. The Balaban J connectivity index is 3.12. The van der Waals surface area contributed by atoms with Crippen molar-refractivity contribution in [3.05, 3.63) is 34.6 Å². The van der Waals surface area contributed by atoms with E-state index < -0.39 is 11.7 Å². The van der Waals surface area contributed by atoms with E-state index in [1.807, 2.05) is 13.0 Å². The summed E-state index contributed by atoms with van der Waals surface area (Å²) < 4.78 is 13.7. The molecular weight excluding hydrogens is 253 g/mol. The van der Waals surface area contributed by atoms with E-state index in [2.05, 4.69) is 0 Å². The van der Waals surface area contributed by atoms with Crippen LogP contribution in [0.3, 0.4) is 0 Å². The van der Waals surface area contributed by atoms with Gasteiger partial charge in [-0.2, -0.15) is 5.26 Å². The third-order valence-electron chi connectivity index (χ3n) is 2.91. The molecule has 1 rings (SSSR count). The normalized spacial score (nSPS) is 13.7. The lowest BCUT2D eigenvalue weighted by Gasteiger charge is -2.15. The van der Waals surface area contributed by atoms with Crippen molar-refractivity contribution in [3.63, 3.8) is 0 Å². The molecule has 96 valence electrons. The predicted octanol–water partition coefficient (Wildman–Crippen LogP) is 4.09. The number of Topliss-reactive ketones (excluding diaryl/α,β-unsaturated/α-hetero) is 1. The molecule has 0 bridgehead atoms. The zero-order valence-electron chi connectivity index (χ0n) is 10.4. The summed E-state index contributed by atoms with van der Waals surface area (Å²) in [6.45, 7) is 3.71. The third-order valence-corrected chi connectivity index (χ3v) is 3.24. The fourth-order valence-electron chi connectivity index (χ4n) is 1.92. The average molecular weight is 268 g/mol. The van der Waals surface area contributed by atoms with Crippen LogP contribution in [0.1, 0.15) is 38.2 Å². The van der Waals surface area contributed by atoms with Gasteiger partial charge in [0.05, 0.1) is 6.07 Å². The SMILES string of the molecule is CCCC(C)C(=O)C(C#N)c1c(F)cccc1Cl. The van der Waals surface area contributed by atoms with Crippen LogP contribution in [0.4, 0.5) is 4.39 Å². The topological polar surface area (TPSA) is 40.9 Å². The summed E-state index contributed by atoms with van der Waals surface area (Å²) in [7, 11) is 0. The smallest absolute Gasteiger partial charge is 0.157 e. The molecule has 0 N–H and O–H groups in total. The number of benzene rings is 1. The van der Waals surface area contributed by atoms with Crippen LogP contribution >= 0.6 is 11.6 Å². The van der Waals surface area contributed by atoms with Gasteiger partial charge in [-0.25, -0.2) is 4.39 Å². The van der Waals surface area contributed by atoms with Gasteiger partial charge in [0, 0.05) is 16.5 Å². The van der Waals surface area contributed by atoms with Crippen LogP contribution in [0.25, 0.3) is 0 Å². The van der Waals surface area contributed by atoms with Gasteiger partial charge < -0.3 is 0 Å². The third kappa shape index (κ3) is 3.08. The van der Waals surface area contributed by atoms with Gasteiger partial charge in [0.1, 0.15) is 11.7 Å². The van der Waals surface area contributed by atoms with Gasteiger partial charge in [-0.15, -0.1) is 0 Å². The first-order chi connectivity index (χ1) is 8.52. The van der Waals surface area contributed by atoms with Crippen LogP contribution in [0.5, 0.6) is 0 Å². The minimum absolute atomic E-state index is 0.00498. The number of nitrogens with zero attached hydrogens (tertiary/aromatic N) is 1. The molecule has 1 aromatic carbocycles. The molecule has 0 spiro atoms. The van der Waals surface area contributed by atoms with E-state index in [9.17, 15) is 9.18 Å².